The van der Waals surface area contributed by atoms with Crippen LogP contribution in [0.4, 0.5) is 5.69 Å². The summed E-state index contributed by atoms with van der Waals surface area (Å²) in [4.78, 5) is 10.5. The Bertz CT molecular complexity index is 611. The van der Waals surface area contributed by atoms with Crippen LogP contribution in [0.5, 0.6) is 5.75 Å². The minimum atomic E-state index is -0.371. The molecule has 0 N–H and O–H groups in total. The Morgan fingerprint density at radius 3 is 2.50 bits per heavy atom. The summed E-state index contributed by atoms with van der Waals surface area (Å²) < 4.78 is 5.67. The fourth-order valence-corrected chi connectivity index (χ4v) is 2.23. The van der Waals surface area contributed by atoms with E-state index in [1.165, 1.54) is 11.6 Å². The van der Waals surface area contributed by atoms with Gasteiger partial charge in [0.25, 0.3) is 5.69 Å². The van der Waals surface area contributed by atoms with Crippen LogP contribution in [-0.4, -0.2) is 4.92 Å². The first-order valence-electron chi connectivity index (χ1n) is 6.12. The third-order valence-electron chi connectivity index (χ3n) is 3.09. The molecule has 2 rings (SSSR count). The lowest BCUT2D eigenvalue weighted by molar-refractivity contribution is -0.385. The van der Waals surface area contributed by atoms with Crippen molar-refractivity contribution in [1.82, 2.24) is 0 Å². The predicted octanol–water partition coefficient (Wildman–Crippen LogP) is 4.38. The fraction of sp³-hybridized carbons (Fsp3) is 0.200. The van der Waals surface area contributed by atoms with Crippen molar-refractivity contribution >= 4 is 21.6 Å². The lowest BCUT2D eigenvalue weighted by Gasteiger charge is -2.09. The zero-order valence-electron chi connectivity index (χ0n) is 11.0. The van der Waals surface area contributed by atoms with Gasteiger partial charge >= 0.3 is 0 Å². The molecule has 0 saturated carbocycles. The molecule has 0 atom stereocenters. The molecule has 104 valence electrons. The van der Waals surface area contributed by atoms with E-state index in [-0.39, 0.29) is 10.6 Å². The van der Waals surface area contributed by atoms with Gasteiger partial charge in [-0.05, 0) is 30.2 Å². The molecule has 4 nitrogen and oxygen atoms in total. The van der Waals surface area contributed by atoms with Crippen molar-refractivity contribution in [2.75, 3.05) is 0 Å². The standard InChI is InChI=1S/C15H14BrNO3/c1-11-13(3-2-4-15(11)17(18)19)10-20-14-7-5-12(9-16)6-8-14/h2-8H,9-10H2,1H3. The van der Waals surface area contributed by atoms with Crippen LogP contribution < -0.4 is 4.74 Å². The van der Waals surface area contributed by atoms with Gasteiger partial charge in [0.1, 0.15) is 12.4 Å². The summed E-state index contributed by atoms with van der Waals surface area (Å²) in [5, 5.41) is 11.7. The monoisotopic (exact) mass is 335 g/mol. The highest BCUT2D eigenvalue weighted by Gasteiger charge is 2.13. The molecular weight excluding hydrogens is 322 g/mol. The summed E-state index contributed by atoms with van der Waals surface area (Å²) >= 11 is 3.38. The maximum atomic E-state index is 10.9. The minimum Gasteiger partial charge on any atom is -0.489 e. The molecule has 0 unspecified atom stereocenters. The van der Waals surface area contributed by atoms with E-state index >= 15 is 0 Å². The Hall–Kier alpha value is -1.88. The van der Waals surface area contributed by atoms with Crippen LogP contribution in [0.3, 0.4) is 0 Å². The smallest absolute Gasteiger partial charge is 0.272 e. The molecule has 2 aromatic rings. The van der Waals surface area contributed by atoms with Gasteiger partial charge in [-0.1, -0.05) is 40.2 Å². The Kier molecular flexibility index (Phi) is 4.74. The van der Waals surface area contributed by atoms with Gasteiger partial charge in [0, 0.05) is 17.0 Å². The van der Waals surface area contributed by atoms with Gasteiger partial charge in [-0.25, -0.2) is 0 Å². The maximum absolute atomic E-state index is 10.9. The molecule has 0 saturated heterocycles. The summed E-state index contributed by atoms with van der Waals surface area (Å²) in [6, 6.07) is 12.8. The SMILES string of the molecule is Cc1c(COc2ccc(CBr)cc2)cccc1[N+](=O)[O-]. The molecule has 2 aromatic carbocycles. The molecule has 0 heterocycles. The third-order valence-corrected chi connectivity index (χ3v) is 3.73. The molecule has 0 aromatic heterocycles. The highest BCUT2D eigenvalue weighted by Crippen LogP contribution is 2.23. The zero-order chi connectivity index (χ0) is 14.5. The van der Waals surface area contributed by atoms with Crippen LogP contribution in [0.25, 0.3) is 0 Å². The van der Waals surface area contributed by atoms with Gasteiger partial charge in [0.05, 0.1) is 4.92 Å². The molecule has 0 fully saturated rings. The highest BCUT2D eigenvalue weighted by atomic mass is 79.9. The Labute approximate surface area is 125 Å². The van der Waals surface area contributed by atoms with Crippen molar-refractivity contribution in [2.45, 2.75) is 18.9 Å². The Morgan fingerprint density at radius 2 is 1.90 bits per heavy atom. The lowest BCUT2D eigenvalue weighted by Crippen LogP contribution is -2.01. The van der Waals surface area contributed by atoms with Crippen LogP contribution in [0, 0.1) is 17.0 Å². The first-order chi connectivity index (χ1) is 9.61. The van der Waals surface area contributed by atoms with E-state index in [1.54, 1.807) is 13.0 Å². The van der Waals surface area contributed by atoms with E-state index in [0.29, 0.717) is 12.2 Å². The number of halogens is 1. The Morgan fingerprint density at radius 1 is 1.20 bits per heavy atom. The molecular formula is C15H14BrNO3. The van der Waals surface area contributed by atoms with Crippen LogP contribution in [0.15, 0.2) is 42.5 Å². The van der Waals surface area contributed by atoms with Crippen LogP contribution >= 0.6 is 15.9 Å². The molecule has 5 heteroatoms. The number of nitrogens with zero attached hydrogens (tertiary/aromatic N) is 1. The molecule has 0 aliphatic rings. The van der Waals surface area contributed by atoms with E-state index in [4.69, 9.17) is 4.74 Å². The number of ether oxygens (including phenoxy) is 1. The van der Waals surface area contributed by atoms with Gasteiger partial charge in [-0.15, -0.1) is 0 Å². The number of hydrogen-bond acceptors (Lipinski definition) is 3. The van der Waals surface area contributed by atoms with E-state index in [9.17, 15) is 10.1 Å². The summed E-state index contributed by atoms with van der Waals surface area (Å²) in [7, 11) is 0. The van der Waals surface area contributed by atoms with E-state index in [0.717, 1.165) is 16.6 Å². The number of nitro groups is 1. The van der Waals surface area contributed by atoms with E-state index in [1.807, 2.05) is 30.3 Å². The first-order valence-corrected chi connectivity index (χ1v) is 7.24. The molecule has 0 amide bonds. The summed E-state index contributed by atoms with van der Waals surface area (Å²) in [6.07, 6.45) is 0. The summed E-state index contributed by atoms with van der Waals surface area (Å²) in [5.41, 5.74) is 2.77. The third kappa shape index (κ3) is 3.36. The van der Waals surface area contributed by atoms with Crippen molar-refractivity contribution in [3.8, 4) is 5.75 Å². The zero-order valence-corrected chi connectivity index (χ0v) is 12.6. The van der Waals surface area contributed by atoms with Crippen molar-refractivity contribution in [3.05, 3.63) is 69.3 Å². The number of rotatable bonds is 5. The lowest BCUT2D eigenvalue weighted by atomic mass is 10.1. The van der Waals surface area contributed by atoms with Crippen molar-refractivity contribution in [2.24, 2.45) is 0 Å². The number of hydrogen-bond donors (Lipinski definition) is 0. The molecule has 20 heavy (non-hydrogen) atoms. The second kappa shape index (κ2) is 6.52. The molecule has 0 bridgehead atoms. The maximum Gasteiger partial charge on any atom is 0.272 e. The van der Waals surface area contributed by atoms with Gasteiger partial charge in [-0.2, -0.15) is 0 Å². The van der Waals surface area contributed by atoms with Crippen molar-refractivity contribution in [3.63, 3.8) is 0 Å². The average molecular weight is 336 g/mol. The fourth-order valence-electron chi connectivity index (χ4n) is 1.86. The van der Waals surface area contributed by atoms with Gasteiger partial charge in [-0.3, -0.25) is 10.1 Å². The molecule has 0 aliphatic carbocycles. The van der Waals surface area contributed by atoms with Crippen LogP contribution in [-0.2, 0) is 11.9 Å². The normalized spacial score (nSPS) is 10.3. The Balaban J connectivity index is 2.10. The van der Waals surface area contributed by atoms with E-state index in [2.05, 4.69) is 15.9 Å². The molecule has 0 aliphatic heterocycles. The number of alkyl halides is 1. The summed E-state index contributed by atoms with van der Waals surface area (Å²) in [5.74, 6) is 0.751. The van der Waals surface area contributed by atoms with Crippen molar-refractivity contribution < 1.29 is 9.66 Å². The summed E-state index contributed by atoms with van der Waals surface area (Å²) in [6.45, 7) is 2.06. The van der Waals surface area contributed by atoms with Gasteiger partial charge < -0.3 is 4.74 Å². The van der Waals surface area contributed by atoms with Gasteiger partial charge in [0.2, 0.25) is 0 Å². The van der Waals surface area contributed by atoms with Crippen molar-refractivity contribution in [1.29, 1.82) is 0 Å². The van der Waals surface area contributed by atoms with E-state index < -0.39 is 0 Å². The number of nitro benzene ring substituents is 1. The second-order valence-electron chi connectivity index (χ2n) is 4.38. The molecule has 0 radical (unpaired) electrons. The first kappa shape index (κ1) is 14.5. The molecule has 0 spiro atoms. The highest BCUT2D eigenvalue weighted by molar-refractivity contribution is 9.08. The topological polar surface area (TPSA) is 52.4 Å². The van der Waals surface area contributed by atoms with Crippen LogP contribution in [0.2, 0.25) is 0 Å². The second-order valence-corrected chi connectivity index (χ2v) is 4.95. The van der Waals surface area contributed by atoms with Gasteiger partial charge in [0.15, 0.2) is 0 Å². The minimum absolute atomic E-state index is 0.126. The van der Waals surface area contributed by atoms with Crippen LogP contribution in [0.1, 0.15) is 16.7 Å². The predicted molar refractivity (Wildman–Crippen MR) is 81.2 cm³/mol. The number of benzene rings is 2. The largest absolute Gasteiger partial charge is 0.489 e. The quantitative estimate of drug-likeness (QED) is 0.463. The average Bonchev–Trinajstić information content (AvgIpc) is 2.46.